The van der Waals surface area contributed by atoms with Crippen molar-refractivity contribution in [2.75, 3.05) is 13.7 Å². The number of hydrogen-bond donors (Lipinski definition) is 2. The van der Waals surface area contributed by atoms with E-state index < -0.39 is 11.8 Å². The highest BCUT2D eigenvalue weighted by atomic mass is 16.5. The van der Waals surface area contributed by atoms with Crippen molar-refractivity contribution in [2.24, 2.45) is 0 Å². The van der Waals surface area contributed by atoms with Crippen molar-refractivity contribution in [1.29, 1.82) is 0 Å². The van der Waals surface area contributed by atoms with Gasteiger partial charge < -0.3 is 9.47 Å². The van der Waals surface area contributed by atoms with Crippen LogP contribution in [0.1, 0.15) is 21.5 Å². The fourth-order valence-corrected chi connectivity index (χ4v) is 2.23. The van der Waals surface area contributed by atoms with E-state index >= 15 is 0 Å². The Bertz CT molecular complexity index is 723. The van der Waals surface area contributed by atoms with Crippen LogP contribution >= 0.6 is 0 Å². The molecule has 6 nitrogen and oxygen atoms in total. The minimum atomic E-state index is -0.466. The van der Waals surface area contributed by atoms with Crippen LogP contribution in [0.15, 0.2) is 42.5 Å². The van der Waals surface area contributed by atoms with Crippen molar-refractivity contribution < 1.29 is 19.1 Å². The fraction of sp³-hybridized carbons (Fsp3) is 0.222. The van der Waals surface area contributed by atoms with E-state index in [2.05, 4.69) is 10.9 Å². The van der Waals surface area contributed by atoms with Crippen molar-refractivity contribution in [1.82, 2.24) is 10.9 Å². The van der Waals surface area contributed by atoms with E-state index in [0.29, 0.717) is 17.1 Å². The molecular weight excluding hydrogens is 308 g/mol. The number of nitrogens with one attached hydrogen (secondary N) is 2. The van der Waals surface area contributed by atoms with E-state index in [-0.39, 0.29) is 6.61 Å². The quantitative estimate of drug-likeness (QED) is 0.825. The summed E-state index contributed by atoms with van der Waals surface area (Å²) >= 11 is 0. The third-order valence-electron chi connectivity index (χ3n) is 3.23. The number of rotatable bonds is 5. The summed E-state index contributed by atoms with van der Waals surface area (Å²) in [4.78, 5) is 23.8. The Morgan fingerprint density at radius 3 is 2.33 bits per heavy atom. The van der Waals surface area contributed by atoms with E-state index in [0.717, 1.165) is 11.1 Å². The van der Waals surface area contributed by atoms with E-state index in [1.54, 1.807) is 24.3 Å². The number of aryl methyl sites for hydroxylation is 2. The molecule has 2 aromatic rings. The number of ether oxygens (including phenoxy) is 2. The van der Waals surface area contributed by atoms with Gasteiger partial charge in [-0.3, -0.25) is 20.4 Å². The Hall–Kier alpha value is -3.02. The molecule has 24 heavy (non-hydrogen) atoms. The van der Waals surface area contributed by atoms with Crippen LogP contribution < -0.4 is 20.3 Å². The highest BCUT2D eigenvalue weighted by Crippen LogP contribution is 2.17. The number of carbonyl (C=O) groups is 2. The van der Waals surface area contributed by atoms with E-state index in [4.69, 9.17) is 9.47 Å². The molecule has 0 saturated heterocycles. The Labute approximate surface area is 140 Å². The molecular formula is C18H20N2O4. The lowest BCUT2D eigenvalue weighted by Crippen LogP contribution is -2.43. The van der Waals surface area contributed by atoms with Crippen LogP contribution in [0, 0.1) is 13.8 Å². The van der Waals surface area contributed by atoms with Gasteiger partial charge in [0, 0.05) is 0 Å². The SMILES string of the molecule is COc1ccccc1C(=O)NNC(=O)COc1cc(C)cc(C)c1. The standard InChI is InChI=1S/C18H20N2O4/c1-12-8-13(2)10-14(9-12)24-11-17(21)19-20-18(22)15-6-4-5-7-16(15)23-3/h4-10H,11H2,1-3H3,(H,19,21)(H,20,22). The number of methoxy groups -OCH3 is 1. The summed E-state index contributed by atoms with van der Waals surface area (Å²) in [6.45, 7) is 3.70. The molecule has 0 bridgehead atoms. The topological polar surface area (TPSA) is 76.7 Å². The van der Waals surface area contributed by atoms with E-state index in [1.165, 1.54) is 7.11 Å². The van der Waals surface area contributed by atoms with Gasteiger partial charge >= 0.3 is 0 Å². The predicted octanol–water partition coefficient (Wildman–Crippen LogP) is 2.15. The van der Waals surface area contributed by atoms with Crippen LogP contribution in [-0.4, -0.2) is 25.5 Å². The molecule has 0 aliphatic heterocycles. The summed E-state index contributed by atoms with van der Waals surface area (Å²) in [5.41, 5.74) is 7.08. The summed E-state index contributed by atoms with van der Waals surface area (Å²) in [7, 11) is 1.47. The number of para-hydroxylation sites is 1. The first-order valence-corrected chi connectivity index (χ1v) is 7.43. The molecule has 0 saturated carbocycles. The number of amides is 2. The van der Waals surface area contributed by atoms with Gasteiger partial charge in [-0.1, -0.05) is 18.2 Å². The monoisotopic (exact) mass is 328 g/mol. The smallest absolute Gasteiger partial charge is 0.276 e. The summed E-state index contributed by atoms with van der Waals surface area (Å²) in [5.74, 6) is 0.110. The lowest BCUT2D eigenvalue weighted by atomic mass is 10.1. The Balaban J connectivity index is 1.85. The molecule has 2 amide bonds. The van der Waals surface area contributed by atoms with Crippen molar-refractivity contribution in [2.45, 2.75) is 13.8 Å². The lowest BCUT2D eigenvalue weighted by molar-refractivity contribution is -0.123. The fourth-order valence-electron chi connectivity index (χ4n) is 2.23. The van der Waals surface area contributed by atoms with Crippen LogP contribution in [-0.2, 0) is 4.79 Å². The summed E-state index contributed by atoms with van der Waals surface area (Å²) < 4.78 is 10.5. The molecule has 0 atom stereocenters. The molecule has 126 valence electrons. The van der Waals surface area contributed by atoms with Gasteiger partial charge in [0.15, 0.2) is 6.61 Å². The van der Waals surface area contributed by atoms with Crippen LogP contribution in [0.3, 0.4) is 0 Å². The molecule has 0 unspecified atom stereocenters. The average Bonchev–Trinajstić information content (AvgIpc) is 2.57. The zero-order chi connectivity index (χ0) is 17.5. The minimum absolute atomic E-state index is 0.199. The third kappa shape index (κ3) is 4.74. The molecule has 0 radical (unpaired) electrons. The highest BCUT2D eigenvalue weighted by molar-refractivity contribution is 5.97. The van der Waals surface area contributed by atoms with Gasteiger partial charge in [-0.2, -0.15) is 0 Å². The first-order chi connectivity index (χ1) is 11.5. The summed E-state index contributed by atoms with van der Waals surface area (Å²) in [6.07, 6.45) is 0. The van der Waals surface area contributed by atoms with E-state index in [1.807, 2.05) is 32.0 Å². The molecule has 6 heteroatoms. The molecule has 0 fully saturated rings. The van der Waals surface area contributed by atoms with Gasteiger partial charge in [0.2, 0.25) is 0 Å². The van der Waals surface area contributed by atoms with Crippen molar-refractivity contribution in [3.8, 4) is 11.5 Å². The Morgan fingerprint density at radius 1 is 1.00 bits per heavy atom. The lowest BCUT2D eigenvalue weighted by Gasteiger charge is -2.11. The molecule has 0 aliphatic carbocycles. The number of carbonyl (C=O) groups excluding carboxylic acids is 2. The molecule has 0 aromatic heterocycles. The normalized spacial score (nSPS) is 9.96. The van der Waals surface area contributed by atoms with Crippen molar-refractivity contribution in [3.05, 3.63) is 59.2 Å². The Morgan fingerprint density at radius 2 is 1.67 bits per heavy atom. The van der Waals surface area contributed by atoms with Gasteiger partial charge in [0.05, 0.1) is 12.7 Å². The maximum atomic E-state index is 12.0. The van der Waals surface area contributed by atoms with Crippen LogP contribution in [0.5, 0.6) is 11.5 Å². The predicted molar refractivity (Wildman–Crippen MR) is 90.0 cm³/mol. The highest BCUT2D eigenvalue weighted by Gasteiger charge is 2.12. The Kier molecular flexibility index (Phi) is 5.78. The maximum absolute atomic E-state index is 12.0. The first kappa shape index (κ1) is 17.3. The van der Waals surface area contributed by atoms with Crippen LogP contribution in [0.25, 0.3) is 0 Å². The van der Waals surface area contributed by atoms with Crippen molar-refractivity contribution in [3.63, 3.8) is 0 Å². The maximum Gasteiger partial charge on any atom is 0.276 e. The van der Waals surface area contributed by atoms with Gasteiger partial charge in [0.25, 0.3) is 11.8 Å². The molecule has 2 aromatic carbocycles. The number of hydrazine groups is 1. The molecule has 0 aliphatic rings. The largest absolute Gasteiger partial charge is 0.496 e. The second-order valence-electron chi connectivity index (χ2n) is 5.31. The van der Waals surface area contributed by atoms with Gasteiger partial charge in [0.1, 0.15) is 11.5 Å². The number of benzene rings is 2. The molecule has 2 rings (SSSR count). The second-order valence-corrected chi connectivity index (χ2v) is 5.31. The first-order valence-electron chi connectivity index (χ1n) is 7.43. The second kappa shape index (κ2) is 8.01. The molecule has 0 heterocycles. The van der Waals surface area contributed by atoms with Gasteiger partial charge in [-0.05, 0) is 49.2 Å². The van der Waals surface area contributed by atoms with Crippen LogP contribution in [0.2, 0.25) is 0 Å². The minimum Gasteiger partial charge on any atom is -0.496 e. The van der Waals surface area contributed by atoms with Crippen LogP contribution in [0.4, 0.5) is 0 Å². The molecule has 2 N–H and O–H groups in total. The average molecular weight is 328 g/mol. The number of hydrogen-bond acceptors (Lipinski definition) is 4. The van der Waals surface area contributed by atoms with E-state index in [9.17, 15) is 9.59 Å². The van der Waals surface area contributed by atoms with Gasteiger partial charge in [-0.15, -0.1) is 0 Å². The third-order valence-corrected chi connectivity index (χ3v) is 3.23. The summed E-state index contributed by atoms with van der Waals surface area (Å²) in [5, 5.41) is 0. The molecule has 0 spiro atoms. The van der Waals surface area contributed by atoms with Gasteiger partial charge in [-0.25, -0.2) is 0 Å². The zero-order valence-electron chi connectivity index (χ0n) is 13.9. The zero-order valence-corrected chi connectivity index (χ0v) is 13.9. The van der Waals surface area contributed by atoms with Crippen molar-refractivity contribution >= 4 is 11.8 Å². The summed E-state index contributed by atoms with van der Waals surface area (Å²) in [6, 6.07) is 12.4.